The summed E-state index contributed by atoms with van der Waals surface area (Å²) in [5.41, 5.74) is 19.6. The molecule has 134 heavy (non-hydrogen) atoms. The Morgan fingerprint density at radius 2 is 0.381 bits per heavy atom. The molecule has 0 aliphatic carbocycles. The summed E-state index contributed by atoms with van der Waals surface area (Å²) in [4.78, 5) is 0. The third kappa shape index (κ3) is 19.9. The Kier molecular flexibility index (Phi) is 30.5. The van der Waals surface area contributed by atoms with Gasteiger partial charge in [0.1, 0.15) is 23.3 Å². The van der Waals surface area contributed by atoms with Gasteiger partial charge in [0.25, 0.3) is 0 Å². The third-order valence-corrected chi connectivity index (χ3v) is 27.7. The maximum absolute atomic E-state index is 14.4. The van der Waals surface area contributed by atoms with E-state index in [0.29, 0.717) is 28.1 Å². The highest BCUT2D eigenvalue weighted by Gasteiger charge is 2.19. The van der Waals surface area contributed by atoms with Gasteiger partial charge in [-0.25, -0.2) is 26.3 Å². The van der Waals surface area contributed by atoms with Crippen LogP contribution in [0.15, 0.2) is 291 Å². The standard InChI is InChI=1S/2C19H20.2C18H16F2.2C18H17F.C18H18/c1-4-14-6-9-18-16(12-14)8-10-17-13(3)15(5-2)7-11-19(17)18;1-4-14-6-8-17-16(11-14)10-13(3)19-12-15(5-2)7-9-18(17)19;1-3-11-5-7-14-13(9-11)10-16(19)17-15(14)8-6-12(4-2)18(17)20;1-3-11-5-7-13-14-8-6-12(4-2)10-16(14)18(20)17(19)15(13)9-11;1-3-12-5-8-15-14(11-12)7-10-17-16(15)9-6-13(4-2)18(17)19;1-3-12-5-7-15-14(9-12)11-18(19)17-10-13(4-2)6-8-16(15)17;1-3-13-5-9-17-15(11-13)7-8-16-12-14(4-2)6-10-18(16)17/h2*6-12H,4-5H2,1-3H3;2*5-10H,3-4H2,1-2H3;2*5-11H,3-4H2,1-2H3;5-12H,3-4H2,1-2H3. The molecule has 6 heteroatoms. The Morgan fingerprint density at radius 3 is 0.754 bits per heavy atom. The lowest BCUT2D eigenvalue weighted by molar-refractivity contribution is 0.525. The van der Waals surface area contributed by atoms with E-state index in [1.54, 1.807) is 24.3 Å². The number of aryl methyl sites for hydroxylation is 16. The molecule has 0 aliphatic heterocycles. The van der Waals surface area contributed by atoms with Gasteiger partial charge in [0, 0.05) is 21.5 Å². The summed E-state index contributed by atoms with van der Waals surface area (Å²) in [6.07, 6.45) is 13.4. The first-order valence-electron chi connectivity index (χ1n) is 48.8. The zero-order chi connectivity index (χ0) is 94.7. The van der Waals surface area contributed by atoms with Gasteiger partial charge in [-0.15, -0.1) is 0 Å². The van der Waals surface area contributed by atoms with Crippen LogP contribution in [0.3, 0.4) is 0 Å². The van der Waals surface area contributed by atoms with Crippen LogP contribution in [-0.2, 0) is 89.9 Å². The van der Waals surface area contributed by atoms with Crippen molar-refractivity contribution in [1.29, 1.82) is 0 Å². The van der Waals surface area contributed by atoms with Crippen LogP contribution in [0.25, 0.3) is 151 Å². The number of hydrogen-bond acceptors (Lipinski definition) is 0. The lowest BCUT2D eigenvalue weighted by atomic mass is 9.94. The van der Waals surface area contributed by atoms with E-state index in [4.69, 9.17) is 0 Å². The van der Waals surface area contributed by atoms with Crippen LogP contribution in [0.5, 0.6) is 0 Å². The molecule has 0 saturated carbocycles. The third-order valence-electron chi connectivity index (χ3n) is 27.7. The lowest BCUT2D eigenvalue weighted by Gasteiger charge is -2.11. The molecule has 0 bridgehead atoms. The van der Waals surface area contributed by atoms with Crippen molar-refractivity contribution in [2.24, 2.45) is 0 Å². The van der Waals surface area contributed by atoms with Crippen molar-refractivity contribution in [2.45, 2.75) is 201 Å². The molecule has 0 heterocycles. The molecular weight excluding hydrogens is 1650 g/mol. The zero-order valence-electron chi connectivity index (χ0n) is 80.9. The molecule has 0 amide bonds. The second-order valence-corrected chi connectivity index (χ2v) is 35.6. The first kappa shape index (κ1) is 95.5. The molecule has 21 rings (SSSR count). The van der Waals surface area contributed by atoms with Crippen LogP contribution < -0.4 is 0 Å². The van der Waals surface area contributed by atoms with Gasteiger partial charge < -0.3 is 0 Å². The minimum absolute atomic E-state index is 0.0681. The van der Waals surface area contributed by atoms with Crippen LogP contribution in [0.2, 0.25) is 0 Å². The molecule has 0 N–H and O–H groups in total. The summed E-state index contributed by atoms with van der Waals surface area (Å²) in [5, 5.41) is 29.2. The second kappa shape index (κ2) is 42.8. The molecule has 0 fully saturated rings. The van der Waals surface area contributed by atoms with Gasteiger partial charge in [-0.3, -0.25) is 0 Å². The van der Waals surface area contributed by atoms with Gasteiger partial charge in [-0.2, -0.15) is 0 Å². The SMILES string of the molecule is CCc1ccc2c(c1)c(F)c(F)c1cc(CC)ccc12.CCc1ccc2c(c1)cc(C)c1cc(CC)ccc12.CCc1ccc2c(c1)cc(F)c1c(F)c(CC)ccc12.CCc1ccc2c(c1)cc(F)c1cc(CC)ccc12.CCc1ccc2c(ccc3c(C)c(CC)ccc32)c1.CCc1ccc2c(ccc3c(F)c(CC)ccc32)c1.CCc1ccc2c(ccc3cc(CC)ccc32)c1. The maximum Gasteiger partial charge on any atom is 0.167 e. The predicted molar refractivity (Wildman–Crippen MR) is 571 cm³/mol. The fourth-order valence-electron chi connectivity index (χ4n) is 19.3. The van der Waals surface area contributed by atoms with Crippen molar-refractivity contribution in [3.05, 3.63) is 415 Å². The summed E-state index contributed by atoms with van der Waals surface area (Å²) in [7, 11) is 0. The molecule has 21 aromatic carbocycles. The number of benzene rings is 21. The van der Waals surface area contributed by atoms with E-state index in [-0.39, 0.29) is 17.0 Å². The number of fused-ring (bicyclic) bond motifs is 21. The monoisotopic (exact) mass is 1770 g/mol. The Balaban J connectivity index is 0.000000119. The Labute approximate surface area is 787 Å². The van der Waals surface area contributed by atoms with E-state index in [0.717, 1.165) is 165 Å². The summed E-state index contributed by atoms with van der Waals surface area (Å²) < 4.78 is 85.9. The lowest BCUT2D eigenvalue weighted by Crippen LogP contribution is -1.93. The minimum atomic E-state index is -0.740. The molecule has 21 aromatic rings. The fraction of sp³-hybridized carbons (Fsp3) is 0.234. The molecule has 0 saturated heterocycles. The number of halogens is 6. The largest absolute Gasteiger partial charge is 0.206 e. The van der Waals surface area contributed by atoms with Crippen molar-refractivity contribution in [1.82, 2.24) is 0 Å². The van der Waals surface area contributed by atoms with Gasteiger partial charge in [0.2, 0.25) is 0 Å². The topological polar surface area (TPSA) is 0 Å². The summed E-state index contributed by atoms with van der Waals surface area (Å²) in [6.45, 7) is 34.0. The highest BCUT2D eigenvalue weighted by molar-refractivity contribution is 6.14. The van der Waals surface area contributed by atoms with E-state index in [1.165, 1.54) is 137 Å². The van der Waals surface area contributed by atoms with Crippen molar-refractivity contribution in [2.75, 3.05) is 0 Å². The highest BCUT2D eigenvalue weighted by Crippen LogP contribution is 2.40. The summed E-state index contributed by atoms with van der Waals surface area (Å²) in [6, 6.07) is 101. The minimum Gasteiger partial charge on any atom is -0.206 e. The van der Waals surface area contributed by atoms with E-state index in [1.807, 2.05) is 113 Å². The van der Waals surface area contributed by atoms with Gasteiger partial charge in [0.15, 0.2) is 11.6 Å². The first-order valence-corrected chi connectivity index (χ1v) is 48.8. The molecule has 0 radical (unpaired) electrons. The fourth-order valence-corrected chi connectivity index (χ4v) is 19.3. The van der Waals surface area contributed by atoms with Crippen LogP contribution in [0.4, 0.5) is 26.3 Å². The predicted octanol–water partition coefficient (Wildman–Crippen LogP) is 37.3. The molecule has 0 nitrogen and oxygen atoms in total. The molecule has 678 valence electrons. The maximum atomic E-state index is 14.4. The van der Waals surface area contributed by atoms with E-state index in [9.17, 15) is 26.3 Å². The zero-order valence-corrected chi connectivity index (χ0v) is 80.9. The molecule has 0 aliphatic rings. The number of rotatable bonds is 14. The van der Waals surface area contributed by atoms with Crippen LogP contribution in [0, 0.1) is 48.8 Å². The normalized spacial score (nSPS) is 11.3. The van der Waals surface area contributed by atoms with Gasteiger partial charge in [-0.1, -0.05) is 358 Å². The van der Waals surface area contributed by atoms with Gasteiger partial charge in [0.05, 0.1) is 5.39 Å². The van der Waals surface area contributed by atoms with Gasteiger partial charge in [-0.05, 0) is 347 Å². The highest BCUT2D eigenvalue weighted by atomic mass is 19.2. The van der Waals surface area contributed by atoms with E-state index >= 15 is 0 Å². The van der Waals surface area contributed by atoms with Crippen molar-refractivity contribution in [3.63, 3.8) is 0 Å². The van der Waals surface area contributed by atoms with Crippen LogP contribution in [0.1, 0.15) is 186 Å². The second-order valence-electron chi connectivity index (χ2n) is 35.6. The summed E-state index contributed by atoms with van der Waals surface area (Å²) in [5.74, 6) is -2.57. The molecule has 0 aromatic heterocycles. The van der Waals surface area contributed by atoms with Crippen molar-refractivity contribution in [3.8, 4) is 0 Å². The Hall–Kier alpha value is -13.2. The Bertz CT molecular complexity index is 7510. The average Bonchev–Trinajstić information content (AvgIpc) is 0.750. The molecular formula is C128H124F6. The first-order chi connectivity index (χ1) is 65.0. The van der Waals surface area contributed by atoms with E-state index in [2.05, 4.69) is 259 Å². The van der Waals surface area contributed by atoms with Gasteiger partial charge >= 0.3 is 0 Å². The number of hydrogen-bond donors (Lipinski definition) is 0. The summed E-state index contributed by atoms with van der Waals surface area (Å²) >= 11 is 0. The smallest absolute Gasteiger partial charge is 0.167 e. The van der Waals surface area contributed by atoms with E-state index < -0.39 is 23.3 Å². The molecule has 0 unspecified atom stereocenters. The average molecular weight is 1780 g/mol. The molecule has 0 atom stereocenters. The van der Waals surface area contributed by atoms with Crippen LogP contribution >= 0.6 is 0 Å². The van der Waals surface area contributed by atoms with Crippen LogP contribution in [-0.4, -0.2) is 0 Å². The van der Waals surface area contributed by atoms with Crippen molar-refractivity contribution < 1.29 is 26.3 Å². The molecule has 0 spiro atoms. The quantitative estimate of drug-likeness (QED) is 0.0752. The Morgan fingerprint density at radius 1 is 0.149 bits per heavy atom. The van der Waals surface area contributed by atoms with Crippen molar-refractivity contribution >= 4 is 151 Å².